The van der Waals surface area contributed by atoms with Gasteiger partial charge in [0, 0.05) is 19.1 Å². The summed E-state index contributed by atoms with van der Waals surface area (Å²) < 4.78 is 27.9. The van der Waals surface area contributed by atoms with Crippen molar-refractivity contribution < 1.29 is 17.9 Å². The van der Waals surface area contributed by atoms with Crippen LogP contribution in [0.3, 0.4) is 0 Å². The summed E-state index contributed by atoms with van der Waals surface area (Å²) in [6.07, 6.45) is 1.30. The lowest BCUT2D eigenvalue weighted by molar-refractivity contribution is -0.143. The third-order valence-corrected chi connectivity index (χ3v) is 5.12. The van der Waals surface area contributed by atoms with Crippen LogP contribution in [-0.2, 0) is 19.4 Å². The van der Waals surface area contributed by atoms with Crippen LogP contribution in [0.1, 0.15) is 26.7 Å². The zero-order valence-corrected chi connectivity index (χ0v) is 13.4. The lowest BCUT2D eigenvalue weighted by atomic mass is 10.1. The monoisotopic (exact) mass is 306 g/mol. The fourth-order valence-corrected chi connectivity index (χ4v) is 3.65. The molecule has 0 aromatic carbocycles. The van der Waals surface area contributed by atoms with Crippen molar-refractivity contribution in [1.29, 1.82) is 0 Å². The van der Waals surface area contributed by atoms with Crippen molar-refractivity contribution in [2.45, 2.75) is 38.8 Å². The molecule has 6 nitrogen and oxygen atoms in total. The van der Waals surface area contributed by atoms with E-state index in [1.165, 1.54) is 7.11 Å². The first-order valence-electron chi connectivity index (χ1n) is 7.10. The molecule has 1 saturated heterocycles. The molecule has 1 aliphatic heterocycles. The minimum atomic E-state index is -2.88. The second-order valence-corrected chi connectivity index (χ2v) is 7.84. The van der Waals surface area contributed by atoms with Crippen molar-refractivity contribution in [3.8, 4) is 0 Å². The van der Waals surface area contributed by atoms with Crippen LogP contribution in [0.2, 0.25) is 0 Å². The van der Waals surface area contributed by atoms with E-state index in [-0.39, 0.29) is 29.6 Å². The lowest BCUT2D eigenvalue weighted by Gasteiger charge is -2.24. The molecular formula is C13H26N2O4S. The molecule has 7 heteroatoms. The third-order valence-electron chi connectivity index (χ3n) is 3.40. The van der Waals surface area contributed by atoms with Crippen LogP contribution in [-0.4, -0.2) is 69.6 Å². The predicted octanol–water partition coefficient (Wildman–Crippen LogP) is 0.0366. The van der Waals surface area contributed by atoms with Crippen molar-refractivity contribution in [3.05, 3.63) is 0 Å². The smallest absolute Gasteiger partial charge is 0.322 e. The average molecular weight is 306 g/mol. The van der Waals surface area contributed by atoms with E-state index in [1.54, 1.807) is 0 Å². The molecule has 0 amide bonds. The SMILES string of the molecule is COC(=O)C(CCN1CCCS(=O)(=O)CC1)NC(C)C. The summed E-state index contributed by atoms with van der Waals surface area (Å²) in [4.78, 5) is 13.8. The fraction of sp³-hybridized carbons (Fsp3) is 0.923. The van der Waals surface area contributed by atoms with Crippen molar-refractivity contribution in [2.24, 2.45) is 0 Å². The molecule has 0 aromatic heterocycles. The standard InChI is InChI=1S/C13H26N2O4S/c1-11(2)14-12(13(16)19-3)5-7-15-6-4-9-20(17,18)10-8-15/h11-12,14H,4-10H2,1-3H3. The first-order valence-corrected chi connectivity index (χ1v) is 8.93. The number of sulfone groups is 1. The Morgan fingerprint density at radius 3 is 2.60 bits per heavy atom. The van der Waals surface area contributed by atoms with Gasteiger partial charge < -0.3 is 15.0 Å². The number of carbonyl (C=O) groups is 1. The van der Waals surface area contributed by atoms with Crippen LogP contribution in [0.4, 0.5) is 0 Å². The molecule has 0 radical (unpaired) electrons. The molecule has 0 aliphatic carbocycles. The van der Waals surface area contributed by atoms with E-state index in [2.05, 4.69) is 10.2 Å². The minimum absolute atomic E-state index is 0.198. The molecule has 1 N–H and O–H groups in total. The second kappa shape index (κ2) is 7.95. The summed E-state index contributed by atoms with van der Waals surface area (Å²) in [5, 5.41) is 3.18. The molecule has 1 aliphatic rings. The van der Waals surface area contributed by atoms with Gasteiger partial charge in [-0.15, -0.1) is 0 Å². The van der Waals surface area contributed by atoms with Crippen LogP contribution in [0, 0.1) is 0 Å². The molecule has 1 unspecified atom stereocenters. The highest BCUT2D eigenvalue weighted by Crippen LogP contribution is 2.07. The number of nitrogens with one attached hydrogen (secondary N) is 1. The Morgan fingerprint density at radius 1 is 1.30 bits per heavy atom. The molecule has 1 rings (SSSR count). The number of esters is 1. The maximum absolute atomic E-state index is 11.7. The van der Waals surface area contributed by atoms with Gasteiger partial charge in [0.25, 0.3) is 0 Å². The van der Waals surface area contributed by atoms with Gasteiger partial charge in [-0.3, -0.25) is 4.79 Å². The largest absolute Gasteiger partial charge is 0.468 e. The Bertz CT molecular complexity index is 409. The van der Waals surface area contributed by atoms with E-state index in [9.17, 15) is 13.2 Å². The Balaban J connectivity index is 2.48. The van der Waals surface area contributed by atoms with E-state index >= 15 is 0 Å². The van der Waals surface area contributed by atoms with Crippen molar-refractivity contribution in [1.82, 2.24) is 10.2 Å². The Morgan fingerprint density at radius 2 is 2.00 bits per heavy atom. The molecule has 118 valence electrons. The molecule has 0 bridgehead atoms. The number of hydrogen-bond acceptors (Lipinski definition) is 6. The summed E-state index contributed by atoms with van der Waals surface area (Å²) in [5.41, 5.74) is 0. The number of carbonyl (C=O) groups excluding carboxylic acids is 1. The van der Waals surface area contributed by atoms with Crippen LogP contribution >= 0.6 is 0 Å². The fourth-order valence-electron chi connectivity index (χ4n) is 2.34. The van der Waals surface area contributed by atoms with Crippen molar-refractivity contribution >= 4 is 15.8 Å². The highest BCUT2D eigenvalue weighted by Gasteiger charge is 2.23. The minimum Gasteiger partial charge on any atom is -0.468 e. The molecule has 0 aromatic rings. The molecular weight excluding hydrogens is 280 g/mol. The molecule has 20 heavy (non-hydrogen) atoms. The van der Waals surface area contributed by atoms with E-state index in [0.29, 0.717) is 25.9 Å². The van der Waals surface area contributed by atoms with Crippen molar-refractivity contribution in [3.63, 3.8) is 0 Å². The van der Waals surface area contributed by atoms with Gasteiger partial charge in [0.2, 0.25) is 0 Å². The van der Waals surface area contributed by atoms with Crippen LogP contribution in [0.25, 0.3) is 0 Å². The number of hydrogen-bond donors (Lipinski definition) is 1. The highest BCUT2D eigenvalue weighted by molar-refractivity contribution is 7.91. The molecule has 1 heterocycles. The first-order chi connectivity index (χ1) is 9.34. The maximum Gasteiger partial charge on any atom is 0.322 e. The average Bonchev–Trinajstić information content (AvgIpc) is 2.54. The third kappa shape index (κ3) is 6.19. The Hall–Kier alpha value is -0.660. The van der Waals surface area contributed by atoms with E-state index < -0.39 is 9.84 Å². The molecule has 1 fully saturated rings. The van der Waals surface area contributed by atoms with Gasteiger partial charge in [0.15, 0.2) is 9.84 Å². The molecule has 0 saturated carbocycles. The topological polar surface area (TPSA) is 75.7 Å². The maximum atomic E-state index is 11.7. The highest BCUT2D eigenvalue weighted by atomic mass is 32.2. The molecule has 1 atom stereocenters. The number of rotatable bonds is 6. The Labute approximate surface area is 121 Å². The number of nitrogens with zero attached hydrogens (tertiary/aromatic N) is 1. The van der Waals surface area contributed by atoms with Crippen LogP contribution in [0.5, 0.6) is 0 Å². The van der Waals surface area contributed by atoms with Gasteiger partial charge in [-0.2, -0.15) is 0 Å². The quantitative estimate of drug-likeness (QED) is 0.698. The second-order valence-electron chi connectivity index (χ2n) is 5.53. The summed E-state index contributed by atoms with van der Waals surface area (Å²) >= 11 is 0. The van der Waals surface area contributed by atoms with E-state index in [4.69, 9.17) is 4.74 Å². The van der Waals surface area contributed by atoms with Gasteiger partial charge in [-0.25, -0.2) is 8.42 Å². The van der Waals surface area contributed by atoms with E-state index in [1.807, 2.05) is 13.8 Å². The van der Waals surface area contributed by atoms with Crippen molar-refractivity contribution in [2.75, 3.05) is 38.2 Å². The summed E-state index contributed by atoms with van der Waals surface area (Å²) in [6.45, 7) is 5.99. The van der Waals surface area contributed by atoms with E-state index in [0.717, 1.165) is 6.54 Å². The van der Waals surface area contributed by atoms with Gasteiger partial charge in [-0.1, -0.05) is 13.8 Å². The van der Waals surface area contributed by atoms with Gasteiger partial charge in [0.1, 0.15) is 6.04 Å². The number of ether oxygens (including phenoxy) is 1. The normalized spacial score (nSPS) is 21.4. The van der Waals surface area contributed by atoms with Gasteiger partial charge >= 0.3 is 5.97 Å². The predicted molar refractivity (Wildman–Crippen MR) is 78.4 cm³/mol. The van der Waals surface area contributed by atoms with Crippen LogP contribution in [0.15, 0.2) is 0 Å². The Kier molecular flexibility index (Phi) is 6.91. The van der Waals surface area contributed by atoms with Crippen LogP contribution < -0.4 is 5.32 Å². The van der Waals surface area contributed by atoms with Gasteiger partial charge in [-0.05, 0) is 19.4 Å². The zero-order valence-electron chi connectivity index (χ0n) is 12.6. The lowest BCUT2D eigenvalue weighted by Crippen LogP contribution is -2.44. The summed E-state index contributed by atoms with van der Waals surface area (Å²) in [5.74, 6) is 0.225. The zero-order chi connectivity index (χ0) is 15.2. The number of methoxy groups -OCH3 is 1. The molecule has 0 spiro atoms. The summed E-state index contributed by atoms with van der Waals surface area (Å²) in [7, 11) is -1.49. The summed E-state index contributed by atoms with van der Waals surface area (Å²) in [6, 6.07) is -0.136. The van der Waals surface area contributed by atoms with Gasteiger partial charge in [0.05, 0.1) is 18.6 Å². The first kappa shape index (κ1) is 17.4.